The molecule has 1 aromatic heterocycles. The van der Waals surface area contributed by atoms with E-state index in [1.165, 1.54) is 24.4 Å². The zero-order chi connectivity index (χ0) is 13.1. The lowest BCUT2D eigenvalue weighted by molar-refractivity contribution is 0.0994. The van der Waals surface area contributed by atoms with E-state index in [2.05, 4.69) is 4.98 Å². The predicted molar refractivity (Wildman–Crippen MR) is 63.6 cm³/mol. The normalized spacial score (nSPS) is 10.1. The molecule has 0 radical (unpaired) electrons. The first-order valence-electron chi connectivity index (χ1n) is 5.05. The summed E-state index contributed by atoms with van der Waals surface area (Å²) in [7, 11) is 0. The molecule has 0 spiro atoms. The second kappa shape index (κ2) is 4.70. The van der Waals surface area contributed by atoms with Gasteiger partial charge < -0.3 is 16.2 Å². The number of anilines is 1. The van der Waals surface area contributed by atoms with Gasteiger partial charge in [0.05, 0.1) is 6.20 Å². The summed E-state index contributed by atoms with van der Waals surface area (Å²) in [5, 5.41) is 0. The standard InChI is InChI=1S/C12H10FN3O2/c13-8-2-1-3-9(11(8)12(15)17)18-7-4-5-10(14)16-6-7/h1-6H,(H2,14,16)(H2,15,17). The maximum Gasteiger partial charge on any atom is 0.255 e. The Morgan fingerprint density at radius 1 is 1.28 bits per heavy atom. The highest BCUT2D eigenvalue weighted by molar-refractivity contribution is 5.96. The SMILES string of the molecule is NC(=O)c1c(F)cccc1Oc1ccc(N)nc1. The van der Waals surface area contributed by atoms with Crippen molar-refractivity contribution >= 4 is 11.7 Å². The van der Waals surface area contributed by atoms with Crippen molar-refractivity contribution in [3.63, 3.8) is 0 Å². The molecule has 0 aliphatic carbocycles. The van der Waals surface area contributed by atoms with E-state index >= 15 is 0 Å². The fraction of sp³-hybridized carbons (Fsp3) is 0. The minimum atomic E-state index is -0.897. The highest BCUT2D eigenvalue weighted by atomic mass is 19.1. The molecule has 0 aliphatic rings. The van der Waals surface area contributed by atoms with Crippen LogP contribution in [0.15, 0.2) is 36.5 Å². The summed E-state index contributed by atoms with van der Waals surface area (Å²) in [6.07, 6.45) is 1.37. The summed E-state index contributed by atoms with van der Waals surface area (Å²) < 4.78 is 18.8. The molecule has 1 heterocycles. The lowest BCUT2D eigenvalue weighted by atomic mass is 10.2. The van der Waals surface area contributed by atoms with Gasteiger partial charge in [-0.2, -0.15) is 0 Å². The summed E-state index contributed by atoms with van der Waals surface area (Å²) in [5.74, 6) is -0.932. The summed E-state index contributed by atoms with van der Waals surface area (Å²) >= 11 is 0. The van der Waals surface area contributed by atoms with Gasteiger partial charge in [0.2, 0.25) is 0 Å². The number of amides is 1. The van der Waals surface area contributed by atoms with Crippen molar-refractivity contribution in [2.24, 2.45) is 5.73 Å². The van der Waals surface area contributed by atoms with E-state index in [1.54, 1.807) is 6.07 Å². The number of carbonyl (C=O) groups is 1. The quantitative estimate of drug-likeness (QED) is 0.863. The molecule has 18 heavy (non-hydrogen) atoms. The number of ether oxygens (including phenoxy) is 1. The third-order valence-electron chi connectivity index (χ3n) is 2.21. The fourth-order valence-electron chi connectivity index (χ4n) is 1.41. The Balaban J connectivity index is 2.37. The molecule has 0 saturated heterocycles. The number of hydrogen-bond acceptors (Lipinski definition) is 4. The number of nitrogens with zero attached hydrogens (tertiary/aromatic N) is 1. The highest BCUT2D eigenvalue weighted by Crippen LogP contribution is 2.26. The minimum Gasteiger partial charge on any atom is -0.455 e. The second-order valence-corrected chi connectivity index (χ2v) is 3.50. The van der Waals surface area contributed by atoms with Crippen molar-refractivity contribution in [2.75, 3.05) is 5.73 Å². The van der Waals surface area contributed by atoms with Crippen molar-refractivity contribution in [2.45, 2.75) is 0 Å². The summed E-state index contributed by atoms with van der Waals surface area (Å²) in [4.78, 5) is 15.0. The molecule has 6 heteroatoms. The van der Waals surface area contributed by atoms with E-state index in [0.717, 1.165) is 6.07 Å². The Hall–Kier alpha value is -2.63. The monoisotopic (exact) mass is 247 g/mol. The predicted octanol–water partition coefficient (Wildman–Crippen LogP) is 1.69. The second-order valence-electron chi connectivity index (χ2n) is 3.50. The molecule has 0 unspecified atom stereocenters. The molecule has 1 amide bonds. The molecule has 1 aromatic carbocycles. The zero-order valence-corrected chi connectivity index (χ0v) is 9.26. The van der Waals surface area contributed by atoms with Crippen LogP contribution in [0, 0.1) is 5.82 Å². The number of benzene rings is 1. The van der Waals surface area contributed by atoms with E-state index < -0.39 is 11.7 Å². The van der Waals surface area contributed by atoms with Crippen LogP contribution in [0.25, 0.3) is 0 Å². The van der Waals surface area contributed by atoms with E-state index in [9.17, 15) is 9.18 Å². The number of primary amides is 1. The maximum absolute atomic E-state index is 13.5. The van der Waals surface area contributed by atoms with Crippen molar-refractivity contribution < 1.29 is 13.9 Å². The molecule has 0 atom stereocenters. The van der Waals surface area contributed by atoms with Gasteiger partial charge in [0, 0.05) is 0 Å². The smallest absolute Gasteiger partial charge is 0.255 e. The number of nitrogens with two attached hydrogens (primary N) is 2. The summed E-state index contributed by atoms with van der Waals surface area (Å²) in [5.41, 5.74) is 10.2. The first kappa shape index (κ1) is 11.8. The Labute approximate surface area is 102 Å². The van der Waals surface area contributed by atoms with Gasteiger partial charge in [-0.15, -0.1) is 0 Å². The van der Waals surface area contributed by atoms with E-state index in [0.29, 0.717) is 11.6 Å². The molecule has 0 aliphatic heterocycles. The third-order valence-corrected chi connectivity index (χ3v) is 2.21. The zero-order valence-electron chi connectivity index (χ0n) is 9.26. The van der Waals surface area contributed by atoms with Crippen LogP contribution < -0.4 is 16.2 Å². The average molecular weight is 247 g/mol. The average Bonchev–Trinajstić information content (AvgIpc) is 2.32. The van der Waals surface area contributed by atoms with Crippen LogP contribution in [-0.4, -0.2) is 10.9 Å². The van der Waals surface area contributed by atoms with Crippen LogP contribution in [0.5, 0.6) is 11.5 Å². The van der Waals surface area contributed by atoms with E-state index in [1.807, 2.05) is 0 Å². The van der Waals surface area contributed by atoms with E-state index in [-0.39, 0.29) is 11.3 Å². The number of carbonyl (C=O) groups excluding carboxylic acids is 1. The first-order valence-corrected chi connectivity index (χ1v) is 5.05. The lowest BCUT2D eigenvalue weighted by Crippen LogP contribution is -2.14. The van der Waals surface area contributed by atoms with Gasteiger partial charge in [0.15, 0.2) is 0 Å². The minimum absolute atomic E-state index is 0.0362. The van der Waals surface area contributed by atoms with Gasteiger partial charge in [0.1, 0.15) is 28.7 Å². The van der Waals surface area contributed by atoms with Gasteiger partial charge in [0.25, 0.3) is 5.91 Å². The van der Waals surface area contributed by atoms with Crippen molar-refractivity contribution in [3.05, 3.63) is 47.9 Å². The van der Waals surface area contributed by atoms with Gasteiger partial charge >= 0.3 is 0 Å². The molecule has 0 bridgehead atoms. The van der Waals surface area contributed by atoms with Gasteiger partial charge in [-0.25, -0.2) is 9.37 Å². The number of aromatic nitrogens is 1. The Morgan fingerprint density at radius 2 is 2.06 bits per heavy atom. The summed E-state index contributed by atoms with van der Waals surface area (Å²) in [6, 6.07) is 7.08. The Kier molecular flexibility index (Phi) is 3.09. The third kappa shape index (κ3) is 2.37. The molecular formula is C12H10FN3O2. The Morgan fingerprint density at radius 3 is 2.67 bits per heavy atom. The van der Waals surface area contributed by atoms with Gasteiger partial charge in [-0.05, 0) is 24.3 Å². The van der Waals surface area contributed by atoms with E-state index in [4.69, 9.17) is 16.2 Å². The summed E-state index contributed by atoms with van der Waals surface area (Å²) in [6.45, 7) is 0. The highest BCUT2D eigenvalue weighted by Gasteiger charge is 2.15. The molecule has 2 rings (SSSR count). The molecule has 5 nitrogen and oxygen atoms in total. The van der Waals surface area contributed by atoms with Gasteiger partial charge in [-0.3, -0.25) is 4.79 Å². The number of nitrogen functional groups attached to an aromatic ring is 1. The van der Waals surface area contributed by atoms with Crippen LogP contribution in [-0.2, 0) is 0 Å². The topological polar surface area (TPSA) is 91.2 Å². The van der Waals surface area contributed by atoms with Crippen LogP contribution >= 0.6 is 0 Å². The number of halogens is 1. The number of rotatable bonds is 3. The van der Waals surface area contributed by atoms with Crippen LogP contribution in [0.1, 0.15) is 10.4 Å². The van der Waals surface area contributed by atoms with Crippen LogP contribution in [0.2, 0.25) is 0 Å². The van der Waals surface area contributed by atoms with Gasteiger partial charge in [-0.1, -0.05) is 6.07 Å². The Bertz CT molecular complexity index is 584. The molecule has 2 aromatic rings. The largest absolute Gasteiger partial charge is 0.455 e. The molecule has 92 valence electrons. The first-order chi connectivity index (χ1) is 8.58. The number of pyridine rings is 1. The fourth-order valence-corrected chi connectivity index (χ4v) is 1.41. The number of hydrogen-bond donors (Lipinski definition) is 2. The molecule has 0 saturated carbocycles. The van der Waals surface area contributed by atoms with Crippen LogP contribution in [0.4, 0.5) is 10.2 Å². The van der Waals surface area contributed by atoms with Crippen molar-refractivity contribution in [1.82, 2.24) is 4.98 Å². The van der Waals surface area contributed by atoms with Crippen molar-refractivity contribution in [1.29, 1.82) is 0 Å². The molecular weight excluding hydrogens is 237 g/mol. The lowest BCUT2D eigenvalue weighted by Gasteiger charge is -2.09. The molecule has 4 N–H and O–H groups in total. The van der Waals surface area contributed by atoms with Crippen LogP contribution in [0.3, 0.4) is 0 Å². The molecule has 0 fully saturated rings. The maximum atomic E-state index is 13.5. The van der Waals surface area contributed by atoms with Crippen molar-refractivity contribution in [3.8, 4) is 11.5 Å².